The Kier molecular flexibility index (Phi) is 8.02. The zero-order chi connectivity index (χ0) is 23.6. The molecular weight excluding hydrogens is 424 g/mol. The van der Waals surface area contributed by atoms with Gasteiger partial charge in [-0.2, -0.15) is 5.10 Å². The van der Waals surface area contributed by atoms with Crippen LogP contribution in [0.25, 0.3) is 0 Å². The number of esters is 1. The third-order valence-corrected chi connectivity index (χ3v) is 4.48. The van der Waals surface area contributed by atoms with Crippen LogP contribution < -0.4 is 24.4 Å². The Balaban J connectivity index is 1.56. The van der Waals surface area contributed by atoms with Crippen molar-refractivity contribution in [2.75, 3.05) is 20.8 Å². The summed E-state index contributed by atoms with van der Waals surface area (Å²) in [6.07, 6.45) is 1.45. The van der Waals surface area contributed by atoms with Gasteiger partial charge >= 0.3 is 5.97 Å². The number of methoxy groups -OCH3 is 2. The van der Waals surface area contributed by atoms with Crippen molar-refractivity contribution in [1.29, 1.82) is 0 Å². The van der Waals surface area contributed by atoms with Gasteiger partial charge in [0.1, 0.15) is 11.5 Å². The smallest absolute Gasteiger partial charge is 0.343 e. The molecule has 0 unspecified atom stereocenters. The Morgan fingerprint density at radius 1 is 0.909 bits per heavy atom. The van der Waals surface area contributed by atoms with E-state index in [-0.39, 0.29) is 12.4 Å². The van der Waals surface area contributed by atoms with Crippen LogP contribution in [0, 0.1) is 6.92 Å². The summed E-state index contributed by atoms with van der Waals surface area (Å²) in [7, 11) is 3.01. The van der Waals surface area contributed by atoms with Crippen LogP contribution in [-0.4, -0.2) is 38.9 Å². The van der Waals surface area contributed by atoms with Gasteiger partial charge in [-0.1, -0.05) is 12.1 Å². The second kappa shape index (κ2) is 11.3. The lowest BCUT2D eigenvalue weighted by atomic mass is 10.2. The second-order valence-corrected chi connectivity index (χ2v) is 6.93. The van der Waals surface area contributed by atoms with E-state index in [9.17, 15) is 9.59 Å². The van der Waals surface area contributed by atoms with E-state index in [0.29, 0.717) is 28.4 Å². The zero-order valence-corrected chi connectivity index (χ0v) is 18.5. The molecule has 0 heterocycles. The Morgan fingerprint density at radius 2 is 1.70 bits per heavy atom. The molecule has 3 aromatic carbocycles. The largest absolute Gasteiger partial charge is 0.497 e. The first-order chi connectivity index (χ1) is 16.0. The van der Waals surface area contributed by atoms with Gasteiger partial charge in [-0.25, -0.2) is 10.2 Å². The molecule has 3 aromatic rings. The van der Waals surface area contributed by atoms with Crippen LogP contribution in [0.5, 0.6) is 23.0 Å². The molecule has 0 aliphatic heterocycles. The first kappa shape index (κ1) is 23.3. The van der Waals surface area contributed by atoms with E-state index in [2.05, 4.69) is 10.5 Å². The zero-order valence-electron chi connectivity index (χ0n) is 18.5. The maximum atomic E-state index is 12.4. The molecule has 0 atom stereocenters. The van der Waals surface area contributed by atoms with Crippen LogP contribution in [-0.2, 0) is 4.79 Å². The van der Waals surface area contributed by atoms with E-state index < -0.39 is 11.9 Å². The monoisotopic (exact) mass is 448 g/mol. The lowest BCUT2D eigenvalue weighted by Crippen LogP contribution is -2.24. The number of benzene rings is 3. The number of ether oxygens (including phenoxy) is 4. The summed E-state index contributed by atoms with van der Waals surface area (Å²) in [5.74, 6) is 0.921. The highest BCUT2D eigenvalue weighted by molar-refractivity contribution is 5.92. The normalized spacial score (nSPS) is 10.5. The van der Waals surface area contributed by atoms with Gasteiger partial charge in [-0.05, 0) is 72.6 Å². The van der Waals surface area contributed by atoms with E-state index in [1.54, 1.807) is 55.6 Å². The van der Waals surface area contributed by atoms with E-state index in [0.717, 1.165) is 5.56 Å². The molecular formula is C25H24N2O6. The summed E-state index contributed by atoms with van der Waals surface area (Å²) < 4.78 is 21.3. The highest BCUT2D eigenvalue weighted by Gasteiger charge is 2.13. The molecule has 0 fully saturated rings. The quantitative estimate of drug-likeness (QED) is 0.232. The number of aryl methyl sites for hydroxylation is 1. The van der Waals surface area contributed by atoms with Crippen molar-refractivity contribution in [3.63, 3.8) is 0 Å². The van der Waals surface area contributed by atoms with Crippen molar-refractivity contribution in [1.82, 2.24) is 5.43 Å². The van der Waals surface area contributed by atoms with Crippen molar-refractivity contribution >= 4 is 18.1 Å². The molecule has 33 heavy (non-hydrogen) atoms. The van der Waals surface area contributed by atoms with Crippen molar-refractivity contribution in [3.8, 4) is 23.0 Å². The maximum absolute atomic E-state index is 12.4. The minimum absolute atomic E-state index is 0.162. The standard InChI is InChI=1S/C25H24N2O6/c1-17-5-4-6-21(13-17)32-16-24(28)27-26-15-18-7-12-22(23(14-18)31-3)33-25(29)19-8-10-20(30-2)11-9-19/h4-15H,16H2,1-3H3,(H,27,28)/b26-15+. The third-order valence-electron chi connectivity index (χ3n) is 4.48. The number of carbonyl (C=O) groups excluding carboxylic acids is 2. The van der Waals surface area contributed by atoms with Crippen LogP contribution in [0.2, 0.25) is 0 Å². The van der Waals surface area contributed by atoms with Crippen molar-refractivity contribution < 1.29 is 28.5 Å². The third kappa shape index (κ3) is 6.83. The molecule has 0 spiro atoms. The van der Waals surface area contributed by atoms with Crippen molar-refractivity contribution in [3.05, 3.63) is 83.4 Å². The van der Waals surface area contributed by atoms with Gasteiger partial charge in [-0.15, -0.1) is 0 Å². The molecule has 8 heteroatoms. The fraction of sp³-hybridized carbons (Fsp3) is 0.160. The molecule has 0 aliphatic carbocycles. The van der Waals surface area contributed by atoms with Gasteiger partial charge in [0, 0.05) is 0 Å². The molecule has 8 nitrogen and oxygen atoms in total. The fourth-order valence-electron chi connectivity index (χ4n) is 2.80. The maximum Gasteiger partial charge on any atom is 0.343 e. The number of nitrogens with zero attached hydrogens (tertiary/aromatic N) is 1. The van der Waals surface area contributed by atoms with Gasteiger partial charge < -0.3 is 18.9 Å². The highest BCUT2D eigenvalue weighted by atomic mass is 16.6. The lowest BCUT2D eigenvalue weighted by molar-refractivity contribution is -0.123. The average molecular weight is 448 g/mol. The summed E-state index contributed by atoms with van der Waals surface area (Å²) in [6, 6.07) is 18.9. The van der Waals surface area contributed by atoms with Gasteiger partial charge in [0.05, 0.1) is 26.0 Å². The predicted octanol–water partition coefficient (Wildman–Crippen LogP) is 3.76. The second-order valence-electron chi connectivity index (χ2n) is 6.93. The number of amides is 1. The predicted molar refractivity (Wildman–Crippen MR) is 123 cm³/mol. The number of nitrogens with one attached hydrogen (secondary N) is 1. The summed E-state index contributed by atoms with van der Waals surface area (Å²) in [4.78, 5) is 24.3. The number of hydrazone groups is 1. The van der Waals surface area contributed by atoms with E-state index in [1.165, 1.54) is 13.3 Å². The molecule has 1 N–H and O–H groups in total. The number of hydrogen-bond acceptors (Lipinski definition) is 7. The van der Waals surface area contributed by atoms with Crippen LogP contribution in [0.1, 0.15) is 21.5 Å². The average Bonchev–Trinajstić information content (AvgIpc) is 2.83. The first-order valence-electron chi connectivity index (χ1n) is 10.0. The number of hydrogen-bond donors (Lipinski definition) is 1. The Morgan fingerprint density at radius 3 is 2.39 bits per heavy atom. The lowest BCUT2D eigenvalue weighted by Gasteiger charge is -2.10. The van der Waals surface area contributed by atoms with E-state index in [4.69, 9.17) is 18.9 Å². The van der Waals surface area contributed by atoms with E-state index >= 15 is 0 Å². The molecule has 0 aromatic heterocycles. The highest BCUT2D eigenvalue weighted by Crippen LogP contribution is 2.28. The Hall–Kier alpha value is -4.33. The van der Waals surface area contributed by atoms with Crippen LogP contribution in [0.15, 0.2) is 71.8 Å². The minimum Gasteiger partial charge on any atom is -0.497 e. The van der Waals surface area contributed by atoms with Crippen LogP contribution >= 0.6 is 0 Å². The molecule has 0 aliphatic rings. The molecule has 0 radical (unpaired) electrons. The molecule has 0 bridgehead atoms. The molecule has 1 amide bonds. The van der Waals surface area contributed by atoms with Gasteiger partial charge in [0.2, 0.25) is 0 Å². The molecule has 0 saturated carbocycles. The van der Waals surface area contributed by atoms with Crippen LogP contribution in [0.3, 0.4) is 0 Å². The summed E-state index contributed by atoms with van der Waals surface area (Å²) in [5, 5.41) is 3.92. The van der Waals surface area contributed by atoms with Gasteiger partial charge in [-0.3, -0.25) is 4.79 Å². The van der Waals surface area contributed by atoms with Crippen LogP contribution in [0.4, 0.5) is 0 Å². The number of rotatable bonds is 9. The summed E-state index contributed by atoms with van der Waals surface area (Å²) in [6.45, 7) is 1.78. The fourth-order valence-corrected chi connectivity index (χ4v) is 2.80. The minimum atomic E-state index is -0.529. The first-order valence-corrected chi connectivity index (χ1v) is 10.0. The van der Waals surface area contributed by atoms with Crippen molar-refractivity contribution in [2.24, 2.45) is 5.10 Å². The summed E-state index contributed by atoms with van der Waals surface area (Å²) in [5.41, 5.74) is 4.45. The van der Waals surface area contributed by atoms with Gasteiger partial charge in [0.15, 0.2) is 18.1 Å². The Labute approximate surface area is 191 Å². The summed E-state index contributed by atoms with van der Waals surface area (Å²) >= 11 is 0. The topological polar surface area (TPSA) is 95.5 Å². The SMILES string of the molecule is COc1ccc(C(=O)Oc2ccc(/C=N/NC(=O)COc3cccc(C)c3)cc2OC)cc1. The van der Waals surface area contributed by atoms with Crippen molar-refractivity contribution in [2.45, 2.75) is 6.92 Å². The molecule has 3 rings (SSSR count). The van der Waals surface area contributed by atoms with Gasteiger partial charge in [0.25, 0.3) is 5.91 Å². The molecule has 0 saturated heterocycles. The number of carbonyl (C=O) groups is 2. The molecule has 170 valence electrons. The van der Waals surface area contributed by atoms with E-state index in [1.807, 2.05) is 25.1 Å². The Bertz CT molecular complexity index is 1140.